The van der Waals surface area contributed by atoms with E-state index in [0.717, 1.165) is 19.4 Å². The highest BCUT2D eigenvalue weighted by Crippen LogP contribution is 2.34. The molecule has 0 aliphatic carbocycles. The van der Waals surface area contributed by atoms with E-state index < -0.39 is 10.0 Å². The topological polar surface area (TPSA) is 128 Å². The van der Waals surface area contributed by atoms with E-state index in [4.69, 9.17) is 9.72 Å². The summed E-state index contributed by atoms with van der Waals surface area (Å²) in [6, 6.07) is 6.50. The van der Waals surface area contributed by atoms with Gasteiger partial charge < -0.3 is 9.64 Å². The van der Waals surface area contributed by atoms with Crippen LogP contribution in [0.3, 0.4) is 0 Å². The molecule has 0 bridgehead atoms. The summed E-state index contributed by atoms with van der Waals surface area (Å²) in [4.78, 5) is 29.8. The smallest absolute Gasteiger partial charge is 0.265 e. The minimum absolute atomic E-state index is 0.135. The molecule has 1 fully saturated rings. The van der Waals surface area contributed by atoms with Gasteiger partial charge in [0.05, 0.1) is 17.1 Å². The van der Waals surface area contributed by atoms with E-state index in [9.17, 15) is 13.2 Å². The Morgan fingerprint density at radius 3 is 2.39 bits per heavy atom. The normalized spacial score (nSPS) is 15.0. The number of hydrogen-bond donors (Lipinski definition) is 0. The van der Waals surface area contributed by atoms with Crippen molar-refractivity contribution in [3.8, 4) is 28.7 Å². The lowest BCUT2D eigenvalue weighted by Crippen LogP contribution is -2.48. The Morgan fingerprint density at radius 1 is 1.00 bits per heavy atom. The van der Waals surface area contributed by atoms with Crippen LogP contribution in [0.2, 0.25) is 0 Å². The summed E-state index contributed by atoms with van der Waals surface area (Å²) in [7, 11) is -2.16. The molecule has 41 heavy (non-hydrogen) atoms. The zero-order valence-electron chi connectivity index (χ0n) is 23.9. The minimum Gasteiger partial charge on any atom is -0.493 e. The number of sulfonamides is 1. The molecule has 0 amide bonds. The van der Waals surface area contributed by atoms with Crippen LogP contribution in [0.15, 0.2) is 46.3 Å². The molecule has 4 heterocycles. The summed E-state index contributed by atoms with van der Waals surface area (Å²) in [5.41, 5.74) is 0.840. The Hall–Kier alpha value is -3.68. The fourth-order valence-corrected chi connectivity index (χ4v) is 6.46. The molecule has 13 heteroatoms. The van der Waals surface area contributed by atoms with Gasteiger partial charge in [0, 0.05) is 52.2 Å². The molecular weight excluding hydrogens is 544 g/mol. The summed E-state index contributed by atoms with van der Waals surface area (Å²) < 4.78 is 38.1. The molecule has 12 nitrogen and oxygen atoms in total. The van der Waals surface area contributed by atoms with Gasteiger partial charge in [-0.2, -0.15) is 9.40 Å². The Morgan fingerprint density at radius 2 is 1.73 bits per heavy atom. The maximum absolute atomic E-state index is 13.9. The first-order valence-corrected chi connectivity index (χ1v) is 15.5. The molecule has 1 aliphatic heterocycles. The van der Waals surface area contributed by atoms with Crippen LogP contribution < -0.4 is 10.3 Å². The summed E-state index contributed by atoms with van der Waals surface area (Å²) in [5, 5.41) is 4.98. The quantitative estimate of drug-likeness (QED) is 0.278. The van der Waals surface area contributed by atoms with Gasteiger partial charge in [-0.25, -0.2) is 28.1 Å². The molecule has 5 rings (SSSR count). The maximum atomic E-state index is 13.9. The average Bonchev–Trinajstić information content (AvgIpc) is 3.36. The Balaban J connectivity index is 1.68. The van der Waals surface area contributed by atoms with Crippen LogP contribution in [0.5, 0.6) is 5.75 Å². The van der Waals surface area contributed by atoms with Crippen molar-refractivity contribution in [1.82, 2.24) is 38.5 Å². The van der Waals surface area contributed by atoms with E-state index >= 15 is 0 Å². The highest BCUT2D eigenvalue weighted by atomic mass is 32.2. The zero-order chi connectivity index (χ0) is 29.1. The lowest BCUT2D eigenvalue weighted by molar-refractivity contribution is 0.196. The van der Waals surface area contributed by atoms with Gasteiger partial charge >= 0.3 is 0 Å². The van der Waals surface area contributed by atoms with Gasteiger partial charge in [0.15, 0.2) is 11.5 Å². The molecule has 0 saturated carbocycles. The molecule has 0 N–H and O–H groups in total. The third-order valence-corrected chi connectivity index (χ3v) is 9.15. The molecule has 1 saturated heterocycles. The number of nitrogens with zero attached hydrogens (tertiary/aromatic N) is 8. The zero-order valence-corrected chi connectivity index (χ0v) is 24.8. The van der Waals surface area contributed by atoms with Crippen LogP contribution in [0, 0.1) is 0 Å². The van der Waals surface area contributed by atoms with Gasteiger partial charge in [-0.1, -0.05) is 20.8 Å². The number of aryl methyl sites for hydroxylation is 1. The number of fused-ring (bicyclic) bond motifs is 1. The van der Waals surface area contributed by atoms with E-state index in [-0.39, 0.29) is 10.5 Å². The standard InChI is InChI=1S/C28H36N8O4S/c1-5-13-36-27-23(24(32-36)25-29-11-8-12-30-25)28(37)33(4)26(31-27)21-19-20(9-10-22(21)40-18-6-2)41(38,39)35-16-14-34(7-3)15-17-35/h8-12,19H,5-7,13-18H2,1-4H3. The summed E-state index contributed by atoms with van der Waals surface area (Å²) in [6.45, 7) is 10.1. The second kappa shape index (κ2) is 12.0. The van der Waals surface area contributed by atoms with Crippen molar-refractivity contribution < 1.29 is 13.2 Å². The van der Waals surface area contributed by atoms with E-state index in [1.165, 1.54) is 8.87 Å². The van der Waals surface area contributed by atoms with Gasteiger partial charge in [0.25, 0.3) is 5.56 Å². The first-order chi connectivity index (χ1) is 19.8. The fourth-order valence-electron chi connectivity index (χ4n) is 5.01. The number of likely N-dealkylation sites (N-methyl/N-ethyl adjacent to an activating group) is 1. The maximum Gasteiger partial charge on any atom is 0.265 e. The lowest BCUT2D eigenvalue weighted by Gasteiger charge is -2.33. The first kappa shape index (κ1) is 28.8. The third-order valence-electron chi connectivity index (χ3n) is 7.26. The summed E-state index contributed by atoms with van der Waals surface area (Å²) in [5.74, 6) is 1.08. The van der Waals surface area contributed by atoms with Crippen molar-refractivity contribution in [3.63, 3.8) is 0 Å². The second-order valence-corrected chi connectivity index (χ2v) is 11.9. The predicted molar refractivity (Wildman–Crippen MR) is 156 cm³/mol. The molecule has 0 spiro atoms. The molecule has 1 aromatic carbocycles. The summed E-state index contributed by atoms with van der Waals surface area (Å²) in [6.07, 6.45) is 4.73. The highest BCUT2D eigenvalue weighted by Gasteiger charge is 2.30. The van der Waals surface area contributed by atoms with Gasteiger partial charge in [-0.3, -0.25) is 9.36 Å². The Kier molecular flexibility index (Phi) is 8.47. The SMILES string of the molecule is CCCOc1ccc(S(=O)(=O)N2CCN(CC)CC2)cc1-c1nc2c(c(-c3ncccn3)nn2CCC)c(=O)n1C. The third kappa shape index (κ3) is 5.48. The van der Waals surface area contributed by atoms with Crippen molar-refractivity contribution in [2.24, 2.45) is 7.05 Å². The summed E-state index contributed by atoms with van der Waals surface area (Å²) >= 11 is 0. The highest BCUT2D eigenvalue weighted by molar-refractivity contribution is 7.89. The Labute approximate surface area is 239 Å². The van der Waals surface area contributed by atoms with Crippen LogP contribution in [-0.2, 0) is 23.6 Å². The van der Waals surface area contributed by atoms with Crippen molar-refractivity contribution in [3.05, 3.63) is 47.0 Å². The van der Waals surface area contributed by atoms with Crippen LogP contribution in [0.4, 0.5) is 0 Å². The van der Waals surface area contributed by atoms with Gasteiger partial charge in [-0.05, 0) is 43.7 Å². The van der Waals surface area contributed by atoms with Crippen molar-refractivity contribution in [2.45, 2.75) is 45.1 Å². The monoisotopic (exact) mass is 580 g/mol. The molecular formula is C28H36N8O4S. The fraction of sp³-hybridized carbons (Fsp3) is 0.464. The van der Waals surface area contributed by atoms with E-state index in [0.29, 0.717) is 79.0 Å². The number of hydrogen-bond acceptors (Lipinski definition) is 9. The average molecular weight is 581 g/mol. The molecule has 0 unspecified atom stereocenters. The van der Waals surface area contributed by atoms with Crippen LogP contribution in [0.1, 0.15) is 33.6 Å². The van der Waals surface area contributed by atoms with Crippen molar-refractivity contribution in [1.29, 1.82) is 0 Å². The molecule has 0 radical (unpaired) electrons. The molecule has 3 aromatic heterocycles. The van der Waals surface area contributed by atoms with Gasteiger partial charge in [0.1, 0.15) is 22.7 Å². The van der Waals surface area contributed by atoms with Crippen molar-refractivity contribution >= 4 is 21.1 Å². The van der Waals surface area contributed by atoms with Gasteiger partial charge in [0.2, 0.25) is 10.0 Å². The van der Waals surface area contributed by atoms with Crippen LogP contribution in [0.25, 0.3) is 33.9 Å². The second-order valence-electron chi connectivity index (χ2n) is 9.99. The number of benzene rings is 1. The first-order valence-electron chi connectivity index (χ1n) is 14.0. The largest absolute Gasteiger partial charge is 0.493 e. The molecule has 4 aromatic rings. The van der Waals surface area contributed by atoms with E-state index in [1.54, 1.807) is 48.4 Å². The molecule has 1 aliphatic rings. The molecule has 218 valence electrons. The van der Waals surface area contributed by atoms with Crippen molar-refractivity contribution in [2.75, 3.05) is 39.3 Å². The van der Waals surface area contributed by atoms with Crippen LogP contribution in [-0.4, -0.2) is 86.3 Å². The van der Waals surface area contributed by atoms with Crippen LogP contribution >= 0.6 is 0 Å². The lowest BCUT2D eigenvalue weighted by atomic mass is 10.1. The van der Waals surface area contributed by atoms with Gasteiger partial charge in [-0.15, -0.1) is 0 Å². The number of aromatic nitrogens is 6. The van der Waals surface area contributed by atoms with E-state index in [1.807, 2.05) is 13.8 Å². The molecule has 0 atom stereocenters. The van der Waals surface area contributed by atoms with E-state index in [2.05, 4.69) is 26.9 Å². The Bertz CT molecular complexity index is 1690. The number of rotatable bonds is 10. The number of ether oxygens (including phenoxy) is 1. The number of piperazine rings is 1. The predicted octanol–water partition coefficient (Wildman–Crippen LogP) is 2.78. The minimum atomic E-state index is -3.77.